The van der Waals surface area contributed by atoms with E-state index in [1.807, 2.05) is 48.5 Å². The van der Waals surface area contributed by atoms with Crippen LogP contribution in [-0.2, 0) is 9.59 Å². The summed E-state index contributed by atoms with van der Waals surface area (Å²) in [7, 11) is 0. The second-order valence-electron chi connectivity index (χ2n) is 5.64. The highest BCUT2D eigenvalue weighted by Crippen LogP contribution is 2.29. The molecule has 0 bridgehead atoms. The van der Waals surface area contributed by atoms with Gasteiger partial charge in [0, 0.05) is 0 Å². The molecule has 2 amide bonds. The summed E-state index contributed by atoms with van der Waals surface area (Å²) < 4.78 is 1.66. The zero-order valence-electron chi connectivity index (χ0n) is 13.7. The molecular weight excluding hydrogens is 350 g/mol. The quantitative estimate of drug-likeness (QED) is 0.718. The van der Waals surface area contributed by atoms with Crippen LogP contribution in [0.5, 0.6) is 0 Å². The smallest absolute Gasteiger partial charge is 0.244 e. The summed E-state index contributed by atoms with van der Waals surface area (Å²) in [6.45, 7) is 0.0162. The van der Waals surface area contributed by atoms with E-state index >= 15 is 0 Å². The van der Waals surface area contributed by atoms with Crippen LogP contribution in [0.2, 0.25) is 0 Å². The Hall–Kier alpha value is -3.13. The first-order chi connectivity index (χ1) is 12.7. The van der Waals surface area contributed by atoms with Crippen molar-refractivity contribution < 1.29 is 9.59 Å². The number of amides is 2. The molecule has 1 aliphatic rings. The second-order valence-corrected chi connectivity index (χ2v) is 6.58. The monoisotopic (exact) mass is 365 g/mol. The number of benzene rings is 2. The summed E-state index contributed by atoms with van der Waals surface area (Å²) >= 11 is 1.25. The molecule has 8 heteroatoms. The van der Waals surface area contributed by atoms with Crippen molar-refractivity contribution >= 4 is 35.0 Å². The van der Waals surface area contributed by atoms with Gasteiger partial charge in [-0.2, -0.15) is 0 Å². The molecule has 3 aromatic rings. The largest absolute Gasteiger partial charge is 0.323 e. The topological polar surface area (TPSA) is 80.1 Å². The maximum absolute atomic E-state index is 12.6. The average molecular weight is 365 g/mol. The molecule has 2 aromatic carbocycles. The maximum Gasteiger partial charge on any atom is 0.244 e. The number of rotatable bonds is 4. The fraction of sp³-hybridized carbons (Fsp3) is 0.111. The summed E-state index contributed by atoms with van der Waals surface area (Å²) in [5.74, 6) is -0.206. The Kier molecular flexibility index (Phi) is 4.40. The van der Waals surface area contributed by atoms with E-state index in [1.165, 1.54) is 16.7 Å². The van der Waals surface area contributed by atoms with E-state index in [0.29, 0.717) is 16.5 Å². The van der Waals surface area contributed by atoms with E-state index in [0.717, 1.165) is 5.69 Å². The molecule has 7 nitrogen and oxygen atoms in total. The first kappa shape index (κ1) is 16.3. The van der Waals surface area contributed by atoms with Gasteiger partial charge in [0.1, 0.15) is 12.9 Å². The third-order valence-electron chi connectivity index (χ3n) is 3.89. The minimum atomic E-state index is -0.200. The van der Waals surface area contributed by atoms with Crippen LogP contribution in [0.1, 0.15) is 0 Å². The Balaban J connectivity index is 1.45. The SMILES string of the molecule is O=C1CN(C(=O)CSc2ncn(-c3ccccc3)n2)c2ccccc2N1. The van der Waals surface area contributed by atoms with Gasteiger partial charge >= 0.3 is 0 Å². The highest BCUT2D eigenvalue weighted by Gasteiger charge is 2.26. The number of anilines is 2. The average Bonchev–Trinajstić information content (AvgIpc) is 3.15. The zero-order chi connectivity index (χ0) is 17.9. The van der Waals surface area contributed by atoms with Crippen molar-refractivity contribution in [3.8, 4) is 5.69 Å². The molecule has 130 valence electrons. The van der Waals surface area contributed by atoms with Crippen molar-refractivity contribution in [2.75, 3.05) is 22.5 Å². The molecule has 0 saturated heterocycles. The lowest BCUT2D eigenvalue weighted by atomic mass is 10.2. The summed E-state index contributed by atoms with van der Waals surface area (Å²) in [4.78, 5) is 30.2. The lowest BCUT2D eigenvalue weighted by molar-refractivity contribution is -0.120. The van der Waals surface area contributed by atoms with E-state index in [2.05, 4.69) is 15.4 Å². The third-order valence-corrected chi connectivity index (χ3v) is 4.72. The Bertz CT molecular complexity index is 957. The van der Waals surface area contributed by atoms with Gasteiger partial charge in [-0.05, 0) is 24.3 Å². The summed E-state index contributed by atoms with van der Waals surface area (Å²) in [6.07, 6.45) is 1.62. The van der Waals surface area contributed by atoms with Gasteiger partial charge in [0.15, 0.2) is 0 Å². The van der Waals surface area contributed by atoms with Crippen molar-refractivity contribution in [3.05, 3.63) is 60.9 Å². The number of fused-ring (bicyclic) bond motifs is 1. The van der Waals surface area contributed by atoms with Crippen LogP contribution in [0.4, 0.5) is 11.4 Å². The molecule has 1 aliphatic heterocycles. The highest BCUT2D eigenvalue weighted by molar-refractivity contribution is 7.99. The van der Waals surface area contributed by atoms with Crippen molar-refractivity contribution in [2.24, 2.45) is 0 Å². The van der Waals surface area contributed by atoms with E-state index in [1.54, 1.807) is 17.1 Å². The number of nitrogens with one attached hydrogen (secondary N) is 1. The minimum absolute atomic E-state index is 0.0162. The Morgan fingerprint density at radius 3 is 2.73 bits per heavy atom. The third kappa shape index (κ3) is 3.31. The molecule has 0 fully saturated rings. The van der Waals surface area contributed by atoms with Gasteiger partial charge in [0.05, 0.1) is 22.8 Å². The van der Waals surface area contributed by atoms with Crippen LogP contribution in [0, 0.1) is 0 Å². The predicted octanol–water partition coefficient (Wildman–Crippen LogP) is 2.34. The van der Waals surface area contributed by atoms with Crippen LogP contribution >= 0.6 is 11.8 Å². The molecule has 0 unspecified atom stereocenters. The normalized spacial score (nSPS) is 13.2. The van der Waals surface area contributed by atoms with E-state index in [9.17, 15) is 9.59 Å². The molecule has 0 spiro atoms. The van der Waals surface area contributed by atoms with Gasteiger partial charge in [0.25, 0.3) is 0 Å². The lowest BCUT2D eigenvalue weighted by Gasteiger charge is -2.28. The van der Waals surface area contributed by atoms with Crippen LogP contribution in [0.15, 0.2) is 66.1 Å². The van der Waals surface area contributed by atoms with E-state index in [4.69, 9.17) is 0 Å². The Morgan fingerprint density at radius 1 is 1.12 bits per heavy atom. The highest BCUT2D eigenvalue weighted by atomic mass is 32.2. The van der Waals surface area contributed by atoms with Crippen molar-refractivity contribution in [3.63, 3.8) is 0 Å². The first-order valence-corrected chi connectivity index (χ1v) is 8.98. The number of hydrogen-bond acceptors (Lipinski definition) is 5. The van der Waals surface area contributed by atoms with Crippen LogP contribution in [0.25, 0.3) is 5.69 Å². The molecule has 2 heterocycles. The Labute approximate surface area is 154 Å². The van der Waals surface area contributed by atoms with E-state index in [-0.39, 0.29) is 24.1 Å². The number of para-hydroxylation sites is 3. The van der Waals surface area contributed by atoms with Gasteiger partial charge in [0.2, 0.25) is 17.0 Å². The number of aromatic nitrogens is 3. The van der Waals surface area contributed by atoms with Gasteiger partial charge in [-0.3, -0.25) is 9.59 Å². The Morgan fingerprint density at radius 2 is 1.88 bits per heavy atom. The van der Waals surface area contributed by atoms with Crippen LogP contribution in [-0.4, -0.2) is 38.9 Å². The van der Waals surface area contributed by atoms with Gasteiger partial charge in [-0.25, -0.2) is 9.67 Å². The number of thioether (sulfide) groups is 1. The summed E-state index contributed by atoms with van der Waals surface area (Å²) in [5.41, 5.74) is 2.26. The van der Waals surface area contributed by atoms with Crippen molar-refractivity contribution in [2.45, 2.75) is 5.16 Å². The van der Waals surface area contributed by atoms with Gasteiger partial charge < -0.3 is 10.2 Å². The molecule has 26 heavy (non-hydrogen) atoms. The van der Waals surface area contributed by atoms with Crippen molar-refractivity contribution in [1.82, 2.24) is 14.8 Å². The molecule has 1 N–H and O–H groups in total. The summed E-state index contributed by atoms with van der Waals surface area (Å²) in [6, 6.07) is 16.9. The molecule has 1 aromatic heterocycles. The standard InChI is InChI=1S/C18H15N5O2S/c24-16-10-22(15-9-5-4-8-14(15)20-16)17(25)11-26-18-19-12-23(21-18)13-6-2-1-3-7-13/h1-9,12H,10-11H2,(H,20,24). The van der Waals surface area contributed by atoms with Gasteiger partial charge in [-0.1, -0.05) is 42.1 Å². The lowest BCUT2D eigenvalue weighted by Crippen LogP contribution is -2.43. The first-order valence-electron chi connectivity index (χ1n) is 8.00. The number of hydrogen-bond donors (Lipinski definition) is 1. The minimum Gasteiger partial charge on any atom is -0.323 e. The molecule has 0 aliphatic carbocycles. The van der Waals surface area contributed by atoms with Crippen molar-refractivity contribution in [1.29, 1.82) is 0 Å². The molecule has 4 rings (SSSR count). The number of carbonyl (C=O) groups is 2. The fourth-order valence-corrected chi connectivity index (χ4v) is 3.35. The predicted molar refractivity (Wildman–Crippen MR) is 99.5 cm³/mol. The van der Waals surface area contributed by atoms with Crippen LogP contribution < -0.4 is 10.2 Å². The summed E-state index contributed by atoms with van der Waals surface area (Å²) in [5, 5.41) is 7.66. The molecule has 0 radical (unpaired) electrons. The fourth-order valence-electron chi connectivity index (χ4n) is 2.68. The molecule has 0 saturated carbocycles. The molecular formula is C18H15N5O2S. The van der Waals surface area contributed by atoms with Gasteiger partial charge in [-0.15, -0.1) is 5.10 Å². The number of carbonyl (C=O) groups excluding carboxylic acids is 2. The van der Waals surface area contributed by atoms with E-state index < -0.39 is 0 Å². The zero-order valence-corrected chi connectivity index (χ0v) is 14.5. The second kappa shape index (κ2) is 7.01. The number of nitrogens with zero attached hydrogens (tertiary/aromatic N) is 4. The van der Waals surface area contributed by atoms with Crippen LogP contribution in [0.3, 0.4) is 0 Å². The molecule has 0 atom stereocenters. The maximum atomic E-state index is 12.6.